The van der Waals surface area contributed by atoms with E-state index in [0.29, 0.717) is 12.5 Å². The summed E-state index contributed by atoms with van der Waals surface area (Å²) < 4.78 is 0. The van der Waals surface area contributed by atoms with Gasteiger partial charge >= 0.3 is 6.03 Å². The summed E-state index contributed by atoms with van der Waals surface area (Å²) in [6, 6.07) is -0.194. The Morgan fingerprint density at radius 1 is 1.29 bits per heavy atom. The van der Waals surface area contributed by atoms with Gasteiger partial charge in [0, 0.05) is 19.1 Å². The van der Waals surface area contributed by atoms with Crippen LogP contribution in [0.3, 0.4) is 0 Å². The number of hydrogen-bond acceptors (Lipinski definition) is 2. The Morgan fingerprint density at radius 2 is 2.00 bits per heavy atom. The Kier molecular flexibility index (Phi) is 2.63. The summed E-state index contributed by atoms with van der Waals surface area (Å²) in [5.41, 5.74) is 11.2. The van der Waals surface area contributed by atoms with E-state index in [4.69, 9.17) is 11.5 Å². The molecule has 4 N–H and O–H groups in total. The molecule has 0 aromatic heterocycles. The fourth-order valence-electron chi connectivity index (χ4n) is 2.42. The lowest BCUT2D eigenvalue weighted by atomic mass is 9.90. The third kappa shape index (κ3) is 2.38. The molecule has 1 heterocycles. The van der Waals surface area contributed by atoms with Crippen molar-refractivity contribution in [1.29, 1.82) is 0 Å². The van der Waals surface area contributed by atoms with Gasteiger partial charge in [-0.25, -0.2) is 4.79 Å². The van der Waals surface area contributed by atoms with E-state index < -0.39 is 0 Å². The SMILES string of the molecule is NC(=O)N1CC(N)CC(CC2CC2)C1. The number of urea groups is 1. The molecule has 1 aliphatic carbocycles. The molecule has 0 aromatic carbocycles. The lowest BCUT2D eigenvalue weighted by Gasteiger charge is -2.35. The number of rotatable bonds is 2. The molecular formula is C10H19N3O. The van der Waals surface area contributed by atoms with Crippen molar-refractivity contribution in [2.24, 2.45) is 23.3 Å². The summed E-state index contributed by atoms with van der Waals surface area (Å²) >= 11 is 0. The van der Waals surface area contributed by atoms with Crippen molar-refractivity contribution in [3.05, 3.63) is 0 Å². The van der Waals surface area contributed by atoms with E-state index in [1.165, 1.54) is 19.3 Å². The maximum Gasteiger partial charge on any atom is 0.314 e. The van der Waals surface area contributed by atoms with Crippen molar-refractivity contribution < 1.29 is 4.79 Å². The summed E-state index contributed by atoms with van der Waals surface area (Å²) in [6.07, 6.45) is 5.02. The normalized spacial score (nSPS) is 33.1. The second kappa shape index (κ2) is 3.77. The molecule has 2 fully saturated rings. The summed E-state index contributed by atoms with van der Waals surface area (Å²) in [5, 5.41) is 0. The maximum absolute atomic E-state index is 11.0. The molecule has 80 valence electrons. The van der Waals surface area contributed by atoms with Crippen molar-refractivity contribution in [3.63, 3.8) is 0 Å². The van der Waals surface area contributed by atoms with Gasteiger partial charge in [0.15, 0.2) is 0 Å². The van der Waals surface area contributed by atoms with Crippen LogP contribution in [0.25, 0.3) is 0 Å². The minimum absolute atomic E-state index is 0.125. The van der Waals surface area contributed by atoms with Gasteiger partial charge < -0.3 is 16.4 Å². The van der Waals surface area contributed by atoms with Crippen LogP contribution in [0.15, 0.2) is 0 Å². The highest BCUT2D eigenvalue weighted by Gasteiger charge is 2.31. The molecule has 0 bridgehead atoms. The van der Waals surface area contributed by atoms with Crippen LogP contribution in [0, 0.1) is 11.8 Å². The average Bonchev–Trinajstić information content (AvgIpc) is 2.87. The molecule has 2 aliphatic rings. The van der Waals surface area contributed by atoms with Gasteiger partial charge in [0.25, 0.3) is 0 Å². The van der Waals surface area contributed by atoms with Crippen LogP contribution in [0.5, 0.6) is 0 Å². The van der Waals surface area contributed by atoms with Crippen molar-refractivity contribution in [2.75, 3.05) is 13.1 Å². The molecule has 2 rings (SSSR count). The highest BCUT2D eigenvalue weighted by Crippen LogP contribution is 2.37. The molecule has 0 spiro atoms. The largest absolute Gasteiger partial charge is 0.351 e. The van der Waals surface area contributed by atoms with Crippen LogP contribution in [0.4, 0.5) is 4.79 Å². The van der Waals surface area contributed by atoms with Gasteiger partial charge in [0.2, 0.25) is 0 Å². The number of carbonyl (C=O) groups excluding carboxylic acids is 1. The quantitative estimate of drug-likeness (QED) is 0.677. The number of likely N-dealkylation sites (tertiary alicyclic amines) is 1. The minimum atomic E-state index is -0.319. The Morgan fingerprint density at radius 3 is 2.57 bits per heavy atom. The first-order valence-corrected chi connectivity index (χ1v) is 5.45. The molecule has 1 saturated heterocycles. The molecule has 4 heteroatoms. The van der Waals surface area contributed by atoms with E-state index in [0.717, 1.165) is 18.9 Å². The van der Waals surface area contributed by atoms with Crippen molar-refractivity contribution in [2.45, 2.75) is 31.7 Å². The predicted molar refractivity (Wildman–Crippen MR) is 54.6 cm³/mol. The second-order valence-electron chi connectivity index (χ2n) is 4.78. The molecule has 2 atom stereocenters. The smallest absolute Gasteiger partial charge is 0.314 e. The molecular weight excluding hydrogens is 178 g/mol. The van der Waals surface area contributed by atoms with Gasteiger partial charge in [-0.1, -0.05) is 12.8 Å². The molecule has 1 aliphatic heterocycles. The summed E-state index contributed by atoms with van der Waals surface area (Å²) in [6.45, 7) is 1.45. The number of hydrogen-bond donors (Lipinski definition) is 2. The minimum Gasteiger partial charge on any atom is -0.351 e. The molecule has 2 unspecified atom stereocenters. The number of nitrogens with two attached hydrogens (primary N) is 2. The number of primary amides is 1. The Bertz CT molecular complexity index is 225. The van der Waals surface area contributed by atoms with Crippen LogP contribution in [0.2, 0.25) is 0 Å². The van der Waals surface area contributed by atoms with E-state index in [9.17, 15) is 4.79 Å². The average molecular weight is 197 g/mol. The zero-order chi connectivity index (χ0) is 10.1. The summed E-state index contributed by atoms with van der Waals surface area (Å²) in [4.78, 5) is 12.7. The van der Waals surface area contributed by atoms with Gasteiger partial charge in [-0.15, -0.1) is 0 Å². The first kappa shape index (κ1) is 9.77. The fraction of sp³-hybridized carbons (Fsp3) is 0.900. The van der Waals surface area contributed by atoms with Crippen LogP contribution in [-0.2, 0) is 0 Å². The van der Waals surface area contributed by atoms with E-state index in [1.54, 1.807) is 4.90 Å². The summed E-state index contributed by atoms with van der Waals surface area (Å²) in [5.74, 6) is 1.48. The van der Waals surface area contributed by atoms with Gasteiger partial charge in [-0.3, -0.25) is 0 Å². The summed E-state index contributed by atoms with van der Waals surface area (Å²) in [7, 11) is 0. The van der Waals surface area contributed by atoms with Crippen LogP contribution >= 0.6 is 0 Å². The van der Waals surface area contributed by atoms with Crippen LogP contribution in [-0.4, -0.2) is 30.1 Å². The zero-order valence-electron chi connectivity index (χ0n) is 8.48. The van der Waals surface area contributed by atoms with Gasteiger partial charge in [0.05, 0.1) is 0 Å². The highest BCUT2D eigenvalue weighted by atomic mass is 16.2. The number of nitrogens with zero attached hydrogens (tertiary/aromatic N) is 1. The van der Waals surface area contributed by atoms with E-state index in [-0.39, 0.29) is 12.1 Å². The van der Waals surface area contributed by atoms with Gasteiger partial charge in [-0.05, 0) is 24.7 Å². The van der Waals surface area contributed by atoms with Gasteiger partial charge in [-0.2, -0.15) is 0 Å². The van der Waals surface area contributed by atoms with E-state index in [1.807, 2.05) is 0 Å². The van der Waals surface area contributed by atoms with Crippen LogP contribution in [0.1, 0.15) is 25.7 Å². The molecule has 14 heavy (non-hydrogen) atoms. The number of carbonyl (C=O) groups is 1. The zero-order valence-corrected chi connectivity index (χ0v) is 8.48. The van der Waals surface area contributed by atoms with E-state index in [2.05, 4.69) is 0 Å². The van der Waals surface area contributed by atoms with E-state index >= 15 is 0 Å². The first-order chi connectivity index (χ1) is 6.65. The lowest BCUT2D eigenvalue weighted by molar-refractivity contribution is 0.157. The Balaban J connectivity index is 1.87. The molecule has 4 nitrogen and oxygen atoms in total. The molecule has 0 aromatic rings. The molecule has 2 amide bonds. The third-order valence-corrected chi connectivity index (χ3v) is 3.24. The Hall–Kier alpha value is -0.770. The molecule has 0 radical (unpaired) electrons. The third-order valence-electron chi connectivity index (χ3n) is 3.24. The van der Waals surface area contributed by atoms with Crippen molar-refractivity contribution in [1.82, 2.24) is 4.90 Å². The monoisotopic (exact) mass is 197 g/mol. The van der Waals surface area contributed by atoms with Crippen molar-refractivity contribution >= 4 is 6.03 Å². The topological polar surface area (TPSA) is 72.4 Å². The number of piperidine rings is 1. The maximum atomic E-state index is 11.0. The number of amides is 2. The Labute approximate surface area is 84.6 Å². The lowest BCUT2D eigenvalue weighted by Crippen LogP contribution is -2.51. The predicted octanol–water partition coefficient (Wildman–Crippen LogP) is 0.514. The molecule has 1 saturated carbocycles. The standard InChI is InChI=1S/C10H19N3O/c11-9-4-8(3-7-1-2-7)5-13(6-9)10(12)14/h7-9H,1-6,11H2,(H2,12,14). The second-order valence-corrected chi connectivity index (χ2v) is 4.78. The van der Waals surface area contributed by atoms with Gasteiger partial charge in [0.1, 0.15) is 0 Å². The van der Waals surface area contributed by atoms with Crippen molar-refractivity contribution in [3.8, 4) is 0 Å². The fourth-order valence-corrected chi connectivity index (χ4v) is 2.42. The highest BCUT2D eigenvalue weighted by molar-refractivity contribution is 5.72. The first-order valence-electron chi connectivity index (χ1n) is 5.45. The van der Waals surface area contributed by atoms with Crippen LogP contribution < -0.4 is 11.5 Å².